The molecule has 0 aromatic heterocycles. The molecule has 0 spiro atoms. The van der Waals surface area contributed by atoms with Gasteiger partial charge in [0.25, 0.3) is 0 Å². The highest BCUT2D eigenvalue weighted by atomic mass is 19.5. The number of hydrogen-bond acceptors (Lipinski definition) is 2. The first kappa shape index (κ1) is 30.2. The maximum Gasteiger partial charge on any atom is 0.673 e. The zero-order chi connectivity index (χ0) is 26.4. The lowest BCUT2D eigenvalue weighted by atomic mass is 9.82. The van der Waals surface area contributed by atoms with Gasteiger partial charge in [-0.05, 0) is 32.3 Å². The molecule has 2 aromatic carbocycles. The average molecular weight is 493 g/mol. The number of quaternary nitrogens is 1. The fourth-order valence-corrected chi connectivity index (χ4v) is 4.32. The lowest BCUT2D eigenvalue weighted by Crippen LogP contribution is -3.15. The van der Waals surface area contributed by atoms with E-state index in [1.54, 1.807) is 0 Å². The largest absolute Gasteiger partial charge is 0.673 e. The summed E-state index contributed by atoms with van der Waals surface area (Å²) in [6.45, 7) is 11.2. The number of halogens is 4. The summed E-state index contributed by atoms with van der Waals surface area (Å²) in [6, 6.07) is 21.2. The van der Waals surface area contributed by atoms with Gasteiger partial charge in [-0.1, -0.05) is 79.7 Å². The van der Waals surface area contributed by atoms with E-state index in [2.05, 4.69) is 81.1 Å². The van der Waals surface area contributed by atoms with Crippen LogP contribution in [0.2, 0.25) is 0 Å². The SMILES string of the molecule is C=C[C@@H](CC)[C@@H](C(=O)OC)[C@H](/C=C/C)[NH+](Cc1ccccc1)[C@@H](C)c1ccccc1.F[B-](F)(F)F. The number of esters is 1. The highest BCUT2D eigenvalue weighted by Gasteiger charge is 2.41. The van der Waals surface area contributed by atoms with Gasteiger partial charge in [-0.2, -0.15) is 0 Å². The molecule has 0 amide bonds. The molecule has 0 aliphatic rings. The number of carbonyl (C=O) groups is 1. The summed E-state index contributed by atoms with van der Waals surface area (Å²) in [5.74, 6) is -0.415. The van der Waals surface area contributed by atoms with Gasteiger partial charge in [0.1, 0.15) is 24.5 Å². The lowest BCUT2D eigenvalue weighted by Gasteiger charge is -2.37. The summed E-state index contributed by atoms with van der Waals surface area (Å²) >= 11 is 0. The standard InChI is InChI=1S/C27H35NO2.BF4/c1-6-15-25(26(27(29)30-5)23(7-2)8-3)28(20-22-16-11-9-12-17-22)21(4)24-18-13-10-14-19-24;2-1(3,4)5/h6-7,9-19,21,23,25-26H,2,8,20H2,1,3-5H3;/q;-1/p+1/b15-6+;/t21-,23-,25-,26+;/m0./s1. The number of ether oxygens (including phenoxy) is 1. The molecule has 0 saturated heterocycles. The minimum atomic E-state index is -6.00. The normalized spacial score (nSPS) is 15.8. The molecule has 35 heavy (non-hydrogen) atoms. The summed E-state index contributed by atoms with van der Waals surface area (Å²) in [5, 5.41) is 0. The van der Waals surface area contributed by atoms with E-state index in [9.17, 15) is 22.1 Å². The molecule has 2 rings (SSSR count). The average Bonchev–Trinajstić information content (AvgIpc) is 2.84. The highest BCUT2D eigenvalue weighted by molar-refractivity contribution is 6.50. The van der Waals surface area contributed by atoms with Crippen LogP contribution in [0.15, 0.2) is 85.5 Å². The molecule has 0 aliphatic carbocycles. The number of benzene rings is 2. The van der Waals surface area contributed by atoms with Gasteiger partial charge >= 0.3 is 13.2 Å². The first-order valence-corrected chi connectivity index (χ1v) is 11.7. The minimum Gasteiger partial charge on any atom is -0.469 e. The minimum absolute atomic E-state index is 0.0409. The van der Waals surface area contributed by atoms with Gasteiger partial charge in [0.15, 0.2) is 0 Å². The third-order valence-electron chi connectivity index (χ3n) is 6.03. The van der Waals surface area contributed by atoms with Crippen LogP contribution in [0, 0.1) is 11.8 Å². The van der Waals surface area contributed by atoms with Gasteiger partial charge < -0.3 is 26.9 Å². The summed E-state index contributed by atoms with van der Waals surface area (Å²) in [7, 11) is -4.52. The van der Waals surface area contributed by atoms with Gasteiger partial charge in [-0.3, -0.25) is 4.79 Å². The number of carbonyl (C=O) groups excluding carboxylic acids is 1. The Balaban J connectivity index is 0.00000111. The molecule has 2 aromatic rings. The predicted molar refractivity (Wildman–Crippen MR) is 134 cm³/mol. The first-order valence-electron chi connectivity index (χ1n) is 11.7. The van der Waals surface area contributed by atoms with Gasteiger partial charge in [0, 0.05) is 11.1 Å². The molecule has 1 N–H and O–H groups in total. The molecule has 0 saturated carbocycles. The Bertz CT molecular complexity index is 900. The van der Waals surface area contributed by atoms with Crippen molar-refractivity contribution in [2.45, 2.75) is 45.8 Å². The van der Waals surface area contributed by atoms with Crippen molar-refractivity contribution in [1.82, 2.24) is 0 Å². The highest BCUT2D eigenvalue weighted by Crippen LogP contribution is 2.24. The molecule has 0 bridgehead atoms. The van der Waals surface area contributed by atoms with Gasteiger partial charge in [-0.25, -0.2) is 0 Å². The predicted octanol–water partition coefficient (Wildman–Crippen LogP) is 6.08. The topological polar surface area (TPSA) is 30.7 Å². The first-order chi connectivity index (χ1) is 16.6. The molecule has 0 radical (unpaired) electrons. The second kappa shape index (κ2) is 15.2. The summed E-state index contributed by atoms with van der Waals surface area (Å²) in [6.07, 6.45) is 6.98. The van der Waals surface area contributed by atoms with Crippen molar-refractivity contribution >= 4 is 13.2 Å². The zero-order valence-corrected chi connectivity index (χ0v) is 20.8. The molecule has 0 heterocycles. The van der Waals surface area contributed by atoms with Crippen LogP contribution in [-0.4, -0.2) is 26.4 Å². The number of rotatable bonds is 11. The van der Waals surface area contributed by atoms with Gasteiger partial charge in [0.2, 0.25) is 0 Å². The molecule has 0 aliphatic heterocycles. The summed E-state index contributed by atoms with van der Waals surface area (Å²) in [5.41, 5.74) is 2.51. The fourth-order valence-electron chi connectivity index (χ4n) is 4.32. The Morgan fingerprint density at radius 1 is 1.06 bits per heavy atom. The molecule has 5 atom stereocenters. The van der Waals surface area contributed by atoms with Crippen LogP contribution in [0.5, 0.6) is 0 Å². The van der Waals surface area contributed by atoms with E-state index in [0.717, 1.165) is 13.0 Å². The number of allylic oxidation sites excluding steroid dienone is 2. The number of hydrogen-bond donors (Lipinski definition) is 1. The third-order valence-corrected chi connectivity index (χ3v) is 6.03. The van der Waals surface area contributed by atoms with Crippen molar-refractivity contribution in [3.63, 3.8) is 0 Å². The summed E-state index contributed by atoms with van der Waals surface area (Å²) < 4.78 is 44.3. The van der Waals surface area contributed by atoms with Crippen molar-refractivity contribution < 1.29 is 31.7 Å². The van der Waals surface area contributed by atoms with E-state index >= 15 is 0 Å². The molecular weight excluding hydrogens is 457 g/mol. The van der Waals surface area contributed by atoms with Crippen molar-refractivity contribution in [3.05, 3.63) is 96.6 Å². The van der Waals surface area contributed by atoms with E-state index in [0.29, 0.717) is 0 Å². The van der Waals surface area contributed by atoms with Gasteiger partial charge in [0.05, 0.1) is 7.11 Å². The second-order valence-electron chi connectivity index (χ2n) is 8.27. The number of nitrogens with one attached hydrogen (secondary N) is 1. The van der Waals surface area contributed by atoms with Crippen LogP contribution < -0.4 is 4.90 Å². The Kier molecular flexibility index (Phi) is 13.1. The Hall–Kier alpha value is -2.87. The van der Waals surface area contributed by atoms with E-state index in [1.165, 1.54) is 23.1 Å². The van der Waals surface area contributed by atoms with Gasteiger partial charge in [-0.15, -0.1) is 6.58 Å². The Labute approximate surface area is 206 Å². The van der Waals surface area contributed by atoms with Crippen LogP contribution in [-0.2, 0) is 16.1 Å². The molecule has 8 heteroatoms. The molecule has 1 unspecified atom stereocenters. The molecule has 192 valence electrons. The van der Waals surface area contributed by atoms with E-state index in [1.807, 2.05) is 25.1 Å². The Morgan fingerprint density at radius 3 is 2.00 bits per heavy atom. The lowest BCUT2D eigenvalue weighted by molar-refractivity contribution is -0.963. The second-order valence-corrected chi connectivity index (χ2v) is 8.27. The molecule has 0 fully saturated rings. The Morgan fingerprint density at radius 2 is 1.57 bits per heavy atom. The van der Waals surface area contributed by atoms with E-state index in [-0.39, 0.29) is 29.9 Å². The quantitative estimate of drug-likeness (QED) is 0.178. The van der Waals surface area contributed by atoms with Crippen LogP contribution in [0.1, 0.15) is 44.4 Å². The number of methoxy groups -OCH3 is 1. The summed E-state index contributed by atoms with van der Waals surface area (Å²) in [4.78, 5) is 14.3. The monoisotopic (exact) mass is 493 g/mol. The third kappa shape index (κ3) is 10.5. The van der Waals surface area contributed by atoms with Crippen LogP contribution in [0.3, 0.4) is 0 Å². The van der Waals surface area contributed by atoms with Crippen molar-refractivity contribution in [2.24, 2.45) is 11.8 Å². The van der Waals surface area contributed by atoms with Crippen LogP contribution in [0.4, 0.5) is 17.3 Å². The van der Waals surface area contributed by atoms with Crippen molar-refractivity contribution in [3.8, 4) is 0 Å². The van der Waals surface area contributed by atoms with E-state index in [4.69, 9.17) is 4.74 Å². The fraction of sp³-hybridized carbons (Fsp3) is 0.370. The van der Waals surface area contributed by atoms with Crippen molar-refractivity contribution in [1.29, 1.82) is 0 Å². The molecule has 3 nitrogen and oxygen atoms in total. The smallest absolute Gasteiger partial charge is 0.469 e. The zero-order valence-electron chi connectivity index (χ0n) is 20.8. The molecular formula is C27H36BF4NO2. The van der Waals surface area contributed by atoms with Crippen LogP contribution in [0.25, 0.3) is 0 Å². The maximum atomic E-state index is 13.0. The van der Waals surface area contributed by atoms with Crippen molar-refractivity contribution in [2.75, 3.05) is 7.11 Å². The van der Waals surface area contributed by atoms with Crippen LogP contribution >= 0.6 is 0 Å². The van der Waals surface area contributed by atoms with E-state index < -0.39 is 7.25 Å². The maximum absolute atomic E-state index is 13.0.